The number of rotatable bonds is 8. The molecule has 0 bridgehead atoms. The molecule has 0 aromatic heterocycles. The van der Waals surface area contributed by atoms with Gasteiger partial charge < -0.3 is 14.4 Å². The second kappa shape index (κ2) is 11.1. The van der Waals surface area contributed by atoms with Gasteiger partial charge in [0.2, 0.25) is 10.0 Å². The third-order valence-electron chi connectivity index (χ3n) is 5.40. The third kappa shape index (κ3) is 6.11. The molecule has 33 heavy (non-hydrogen) atoms. The van der Waals surface area contributed by atoms with Crippen molar-refractivity contribution in [3.63, 3.8) is 0 Å². The summed E-state index contributed by atoms with van der Waals surface area (Å²) in [4.78, 5) is 26.8. The number of amides is 1. The first kappa shape index (κ1) is 25.2. The van der Waals surface area contributed by atoms with Gasteiger partial charge in [0.05, 0.1) is 25.2 Å². The van der Waals surface area contributed by atoms with Crippen molar-refractivity contribution >= 4 is 33.5 Å². The van der Waals surface area contributed by atoms with Crippen LogP contribution < -0.4 is 0 Å². The molecule has 0 radical (unpaired) electrons. The molecule has 3 rings (SSSR count). The summed E-state index contributed by atoms with van der Waals surface area (Å²) in [7, 11) is -2.56. The Morgan fingerprint density at radius 3 is 2.39 bits per heavy atom. The molecule has 1 heterocycles. The average molecular weight is 495 g/mol. The molecule has 1 aliphatic heterocycles. The minimum absolute atomic E-state index is 0.0993. The fraction of sp³-hybridized carbons (Fsp3) is 0.391. The molecule has 0 N–H and O–H groups in total. The molecule has 0 spiro atoms. The average Bonchev–Trinajstić information content (AvgIpc) is 2.84. The van der Waals surface area contributed by atoms with Gasteiger partial charge in [0.15, 0.2) is 0 Å². The van der Waals surface area contributed by atoms with Crippen molar-refractivity contribution in [3.8, 4) is 0 Å². The number of ether oxygens (including phenoxy) is 2. The predicted octanol–water partition coefficient (Wildman–Crippen LogP) is 2.74. The van der Waals surface area contributed by atoms with E-state index >= 15 is 0 Å². The Labute approximate surface area is 199 Å². The summed E-state index contributed by atoms with van der Waals surface area (Å²) in [5.41, 5.74) is 1.56. The zero-order chi connectivity index (χ0) is 24.0. The molecular weight excluding hydrogens is 468 g/mol. The number of hydrogen-bond donors (Lipinski definition) is 0. The lowest BCUT2D eigenvalue weighted by molar-refractivity contribution is -0.141. The second-order valence-corrected chi connectivity index (χ2v) is 9.90. The predicted molar refractivity (Wildman–Crippen MR) is 124 cm³/mol. The Kier molecular flexibility index (Phi) is 8.47. The summed E-state index contributed by atoms with van der Waals surface area (Å²) in [6.45, 7) is 2.88. The van der Waals surface area contributed by atoms with Gasteiger partial charge in [0, 0.05) is 30.2 Å². The molecule has 2 aromatic carbocycles. The number of esters is 1. The molecule has 8 nitrogen and oxygen atoms in total. The van der Waals surface area contributed by atoms with Gasteiger partial charge in [-0.15, -0.1) is 0 Å². The highest BCUT2D eigenvalue weighted by atomic mass is 35.5. The number of nitrogens with zero attached hydrogens (tertiary/aromatic N) is 2. The van der Waals surface area contributed by atoms with Gasteiger partial charge in [-0.2, -0.15) is 4.31 Å². The third-order valence-corrected chi connectivity index (χ3v) is 7.64. The van der Waals surface area contributed by atoms with E-state index in [1.807, 2.05) is 6.92 Å². The summed E-state index contributed by atoms with van der Waals surface area (Å²) in [6, 6.07) is 11.5. The molecule has 0 aliphatic carbocycles. The number of methoxy groups -OCH3 is 1. The number of sulfonamides is 1. The standard InChI is InChI=1S/C23H27ClN2O6S/c1-3-18-6-7-19(14-21(18)33(29,30)26-10-12-32-13-11-26)23(28)25(16-22(27)31-2)15-17-4-8-20(24)9-5-17/h4-9,14H,3,10-13,15-16H2,1-2H3. The molecule has 1 aliphatic rings. The topological polar surface area (TPSA) is 93.2 Å². The van der Waals surface area contributed by atoms with Gasteiger partial charge in [0.25, 0.3) is 5.91 Å². The summed E-state index contributed by atoms with van der Waals surface area (Å²) in [5, 5.41) is 0.553. The van der Waals surface area contributed by atoms with Gasteiger partial charge in [-0.1, -0.05) is 36.7 Å². The van der Waals surface area contributed by atoms with Crippen LogP contribution in [-0.4, -0.2) is 69.5 Å². The number of hydrogen-bond acceptors (Lipinski definition) is 6. The number of morpholine rings is 1. The highest BCUT2D eigenvalue weighted by Crippen LogP contribution is 2.24. The van der Waals surface area contributed by atoms with Crippen molar-refractivity contribution in [2.75, 3.05) is 40.0 Å². The van der Waals surface area contributed by atoms with Crippen molar-refractivity contribution in [1.82, 2.24) is 9.21 Å². The van der Waals surface area contributed by atoms with Crippen molar-refractivity contribution < 1.29 is 27.5 Å². The number of benzene rings is 2. The Morgan fingerprint density at radius 2 is 1.79 bits per heavy atom. The first-order valence-corrected chi connectivity index (χ1v) is 12.4. The van der Waals surface area contributed by atoms with E-state index in [-0.39, 0.29) is 36.6 Å². The first-order chi connectivity index (χ1) is 15.8. The van der Waals surface area contributed by atoms with Gasteiger partial charge in [-0.3, -0.25) is 9.59 Å². The van der Waals surface area contributed by atoms with Crippen LogP contribution in [0.3, 0.4) is 0 Å². The molecule has 0 atom stereocenters. The van der Waals surface area contributed by atoms with E-state index in [1.165, 1.54) is 22.4 Å². The smallest absolute Gasteiger partial charge is 0.325 e. The van der Waals surface area contributed by atoms with Crippen molar-refractivity contribution in [3.05, 3.63) is 64.2 Å². The Bertz CT molecular complexity index is 1100. The highest BCUT2D eigenvalue weighted by molar-refractivity contribution is 7.89. The summed E-state index contributed by atoms with van der Waals surface area (Å²) in [6.07, 6.45) is 0.490. The maximum atomic E-state index is 13.4. The highest BCUT2D eigenvalue weighted by Gasteiger charge is 2.30. The van der Waals surface area contributed by atoms with E-state index in [4.69, 9.17) is 21.1 Å². The van der Waals surface area contributed by atoms with E-state index in [1.54, 1.807) is 36.4 Å². The summed E-state index contributed by atoms with van der Waals surface area (Å²) < 4.78 is 38.0. The van der Waals surface area contributed by atoms with Crippen LogP contribution in [0.2, 0.25) is 5.02 Å². The maximum absolute atomic E-state index is 13.4. The van der Waals surface area contributed by atoms with Crippen LogP contribution in [0, 0.1) is 0 Å². The van der Waals surface area contributed by atoms with E-state index < -0.39 is 21.9 Å². The molecule has 1 amide bonds. The SMILES string of the molecule is CCc1ccc(C(=O)N(CC(=O)OC)Cc2ccc(Cl)cc2)cc1S(=O)(=O)N1CCOCC1. The second-order valence-electron chi connectivity index (χ2n) is 7.56. The lowest BCUT2D eigenvalue weighted by Crippen LogP contribution is -2.41. The van der Waals surface area contributed by atoms with Crippen LogP contribution in [0.1, 0.15) is 28.4 Å². The van der Waals surface area contributed by atoms with Crippen molar-refractivity contribution in [2.24, 2.45) is 0 Å². The van der Waals surface area contributed by atoms with Crippen LogP contribution in [0.4, 0.5) is 0 Å². The van der Waals surface area contributed by atoms with Crippen LogP contribution in [0.25, 0.3) is 0 Å². The number of carbonyl (C=O) groups excluding carboxylic acids is 2. The van der Waals surface area contributed by atoms with Crippen molar-refractivity contribution in [2.45, 2.75) is 24.8 Å². The Morgan fingerprint density at radius 1 is 1.12 bits per heavy atom. The molecule has 10 heteroatoms. The van der Waals surface area contributed by atoms with Crippen molar-refractivity contribution in [1.29, 1.82) is 0 Å². The largest absolute Gasteiger partial charge is 0.468 e. The number of carbonyl (C=O) groups is 2. The van der Waals surface area contributed by atoms with Crippen LogP contribution >= 0.6 is 11.6 Å². The fourth-order valence-electron chi connectivity index (χ4n) is 3.56. The van der Waals surface area contributed by atoms with Crippen LogP contribution in [0.5, 0.6) is 0 Å². The molecule has 178 valence electrons. The summed E-state index contributed by atoms with van der Waals surface area (Å²) >= 11 is 5.94. The minimum atomic E-state index is -3.80. The monoisotopic (exact) mass is 494 g/mol. The zero-order valence-electron chi connectivity index (χ0n) is 18.6. The van der Waals surface area contributed by atoms with Gasteiger partial charge in [0.1, 0.15) is 6.54 Å². The van der Waals surface area contributed by atoms with E-state index in [2.05, 4.69) is 0 Å². The normalized spacial score (nSPS) is 14.6. The fourth-order valence-corrected chi connectivity index (χ4v) is 5.41. The van der Waals surface area contributed by atoms with Crippen LogP contribution in [0.15, 0.2) is 47.4 Å². The quantitative estimate of drug-likeness (QED) is 0.524. The van der Waals surface area contributed by atoms with E-state index in [0.717, 1.165) is 5.56 Å². The Balaban J connectivity index is 1.95. The molecule has 1 fully saturated rings. The van der Waals surface area contributed by atoms with E-state index in [0.29, 0.717) is 30.2 Å². The zero-order valence-corrected chi connectivity index (χ0v) is 20.2. The molecule has 0 saturated carbocycles. The minimum Gasteiger partial charge on any atom is -0.468 e. The molecule has 0 unspecified atom stereocenters. The van der Waals surface area contributed by atoms with Gasteiger partial charge in [-0.05, 0) is 41.8 Å². The van der Waals surface area contributed by atoms with Gasteiger partial charge >= 0.3 is 5.97 Å². The first-order valence-electron chi connectivity index (χ1n) is 10.6. The molecule has 2 aromatic rings. The maximum Gasteiger partial charge on any atom is 0.325 e. The lowest BCUT2D eigenvalue weighted by Gasteiger charge is -2.27. The summed E-state index contributed by atoms with van der Waals surface area (Å²) in [5.74, 6) is -1.06. The van der Waals surface area contributed by atoms with Crippen LogP contribution in [-0.2, 0) is 37.3 Å². The lowest BCUT2D eigenvalue weighted by atomic mass is 10.1. The van der Waals surface area contributed by atoms with Gasteiger partial charge in [-0.25, -0.2) is 8.42 Å². The number of aryl methyl sites for hydroxylation is 1. The molecular formula is C23H27ClN2O6S. The number of halogens is 1. The molecule has 1 saturated heterocycles. The Hall–Kier alpha value is -2.46. The van der Waals surface area contributed by atoms with E-state index in [9.17, 15) is 18.0 Å².